The van der Waals surface area contributed by atoms with E-state index in [0.29, 0.717) is 12.0 Å². The van der Waals surface area contributed by atoms with Crippen LogP contribution in [-0.4, -0.2) is 75.6 Å². The molecule has 10 nitrogen and oxygen atoms in total. The summed E-state index contributed by atoms with van der Waals surface area (Å²) >= 11 is 0. The third-order valence-electron chi connectivity index (χ3n) is 5.42. The molecule has 1 aromatic rings. The number of hydrogen-bond donors (Lipinski definition) is 5. The van der Waals surface area contributed by atoms with Crippen LogP contribution in [-0.2, 0) is 4.79 Å². The van der Waals surface area contributed by atoms with E-state index in [1.165, 1.54) is 11.0 Å². The zero-order valence-corrected chi connectivity index (χ0v) is 14.3. The molecule has 2 heterocycles. The number of aliphatic hydroxyl groups is 1. The van der Waals surface area contributed by atoms with Crippen LogP contribution in [0.25, 0.3) is 0 Å². The van der Waals surface area contributed by atoms with Gasteiger partial charge >= 0.3 is 12.7 Å². The average molecular weight is 379 g/mol. The highest BCUT2D eigenvalue weighted by Crippen LogP contribution is 2.63. The molecular weight excluding hydrogens is 359 g/mol. The van der Waals surface area contributed by atoms with E-state index >= 15 is 0 Å². The quantitative estimate of drug-likeness (QED) is 0.382. The molecule has 4 rings (SSSR count). The molecule has 27 heavy (non-hydrogen) atoms. The van der Waals surface area contributed by atoms with Crippen LogP contribution in [0.3, 0.4) is 0 Å². The van der Waals surface area contributed by atoms with Gasteiger partial charge in [-0.25, -0.2) is 4.79 Å². The molecule has 3 atom stereocenters. The lowest BCUT2D eigenvalue weighted by atomic mass is 9.68. The Kier molecular flexibility index (Phi) is 4.07. The van der Waals surface area contributed by atoms with E-state index in [1.54, 1.807) is 6.07 Å². The summed E-state index contributed by atoms with van der Waals surface area (Å²) in [5.74, 6) is -2.28. The van der Waals surface area contributed by atoms with E-state index in [4.69, 9.17) is 20.2 Å². The molecule has 1 saturated carbocycles. The molecule has 1 amide bonds. The topological polar surface area (TPSA) is 163 Å². The molecule has 1 saturated heterocycles. The maximum atomic E-state index is 11.9. The fourth-order valence-electron chi connectivity index (χ4n) is 3.80. The number of nitrogens with two attached hydrogens (primary N) is 1. The molecule has 0 radical (unpaired) electrons. The van der Waals surface area contributed by atoms with Gasteiger partial charge in [-0.3, -0.25) is 4.79 Å². The third-order valence-corrected chi connectivity index (χ3v) is 5.42. The van der Waals surface area contributed by atoms with Crippen molar-refractivity contribution in [2.45, 2.75) is 30.3 Å². The number of fused-ring (bicyclic) bond motifs is 3. The van der Waals surface area contributed by atoms with Crippen molar-refractivity contribution in [3.8, 4) is 11.5 Å². The summed E-state index contributed by atoms with van der Waals surface area (Å²) in [5, 5.41) is 38.6. The van der Waals surface area contributed by atoms with Crippen molar-refractivity contribution < 1.29 is 39.2 Å². The first-order valence-corrected chi connectivity index (χ1v) is 8.73. The van der Waals surface area contributed by atoms with Crippen molar-refractivity contribution in [2.24, 2.45) is 5.73 Å². The summed E-state index contributed by atoms with van der Waals surface area (Å²) in [5.41, 5.74) is 5.85. The largest absolute Gasteiger partial charge is 0.669 e. The van der Waals surface area contributed by atoms with Crippen LogP contribution in [0.1, 0.15) is 28.3 Å². The Morgan fingerprint density at radius 2 is 2.07 bits per heavy atom. The summed E-state index contributed by atoms with van der Waals surface area (Å²) in [6.45, 7) is -3.14. The van der Waals surface area contributed by atoms with E-state index in [2.05, 4.69) is 0 Å². The molecule has 2 fully saturated rings. The van der Waals surface area contributed by atoms with Gasteiger partial charge in [0.2, 0.25) is 5.91 Å². The fraction of sp³-hybridized carbons (Fsp3) is 0.500. The number of carboxylic acid groups (broad SMARTS) is 1. The molecule has 6 N–H and O–H groups in total. The Labute approximate surface area is 154 Å². The van der Waals surface area contributed by atoms with Gasteiger partial charge in [0.25, 0.3) is 0 Å². The predicted molar refractivity (Wildman–Crippen MR) is 91.4 cm³/mol. The number of nitrogens with zero attached hydrogens (tertiary/aromatic N) is 1. The minimum atomic E-state index is -3.10. The second-order valence-corrected chi connectivity index (χ2v) is 7.32. The molecule has 0 bridgehead atoms. The molecule has 146 valence electrons. The number of carboxylic acids is 1. The van der Waals surface area contributed by atoms with Crippen LogP contribution in [0.15, 0.2) is 12.1 Å². The van der Waals surface area contributed by atoms with Gasteiger partial charge in [0.1, 0.15) is 23.5 Å². The first-order chi connectivity index (χ1) is 12.7. The van der Waals surface area contributed by atoms with Crippen LogP contribution in [0.5, 0.6) is 11.5 Å². The van der Waals surface area contributed by atoms with E-state index in [-0.39, 0.29) is 36.1 Å². The highest BCUT2D eigenvalue weighted by Gasteiger charge is 2.55. The first-order valence-electron chi connectivity index (χ1n) is 8.73. The molecular formula is C16H20BN2O8-. The van der Waals surface area contributed by atoms with Crippen molar-refractivity contribution in [3.05, 3.63) is 23.3 Å². The van der Waals surface area contributed by atoms with Crippen molar-refractivity contribution in [2.75, 3.05) is 19.7 Å². The summed E-state index contributed by atoms with van der Waals surface area (Å²) in [6.07, 6.45) is 0.0936. The zero-order valence-electron chi connectivity index (χ0n) is 14.3. The number of carbonyl (C=O) groups excluding carboxylic acids is 1. The van der Waals surface area contributed by atoms with Gasteiger partial charge in [0.05, 0.1) is 25.4 Å². The smallest absolute Gasteiger partial charge is 0.434 e. The van der Waals surface area contributed by atoms with Crippen LogP contribution in [0.4, 0.5) is 0 Å². The van der Waals surface area contributed by atoms with E-state index in [9.17, 15) is 24.7 Å². The lowest BCUT2D eigenvalue weighted by Gasteiger charge is -2.41. The number of aliphatic hydroxyl groups excluding tert-OH is 1. The predicted octanol–water partition coefficient (Wildman–Crippen LogP) is -1.53. The molecule has 3 aliphatic rings. The number of rotatable bonds is 5. The van der Waals surface area contributed by atoms with Crippen molar-refractivity contribution in [1.82, 2.24) is 4.90 Å². The van der Waals surface area contributed by atoms with Gasteiger partial charge in [0, 0.05) is 0 Å². The minimum absolute atomic E-state index is 0.0375. The fourth-order valence-corrected chi connectivity index (χ4v) is 3.80. The summed E-state index contributed by atoms with van der Waals surface area (Å²) < 4.78 is 11.0. The van der Waals surface area contributed by atoms with E-state index < -0.39 is 43.2 Å². The Bertz CT molecular complexity index is 810. The van der Waals surface area contributed by atoms with Gasteiger partial charge in [0.15, 0.2) is 0 Å². The highest BCUT2D eigenvalue weighted by atomic mass is 16.6. The van der Waals surface area contributed by atoms with Crippen LogP contribution in [0.2, 0.25) is 5.82 Å². The molecule has 2 unspecified atom stereocenters. The van der Waals surface area contributed by atoms with Crippen molar-refractivity contribution in [3.63, 3.8) is 0 Å². The van der Waals surface area contributed by atoms with Crippen LogP contribution >= 0.6 is 0 Å². The van der Waals surface area contributed by atoms with Gasteiger partial charge in [-0.05, 0) is 17.5 Å². The minimum Gasteiger partial charge on any atom is -0.669 e. The highest BCUT2D eigenvalue weighted by molar-refractivity contribution is 6.62. The maximum Gasteiger partial charge on any atom is 0.434 e. The second-order valence-electron chi connectivity index (χ2n) is 7.32. The van der Waals surface area contributed by atoms with E-state index in [1.807, 2.05) is 0 Å². The van der Waals surface area contributed by atoms with Gasteiger partial charge in [-0.15, -0.1) is 0 Å². The monoisotopic (exact) mass is 379 g/mol. The molecule has 11 heteroatoms. The Morgan fingerprint density at radius 1 is 1.37 bits per heavy atom. The normalized spacial score (nSPS) is 26.1. The van der Waals surface area contributed by atoms with Crippen molar-refractivity contribution in [1.29, 1.82) is 0 Å². The number of ether oxygens (including phenoxy) is 1. The number of hydrogen-bond acceptors (Lipinski definition) is 8. The summed E-state index contributed by atoms with van der Waals surface area (Å²) in [4.78, 5) is 25.0. The number of carbonyl (C=O) groups is 2. The maximum absolute atomic E-state index is 11.9. The SMILES string of the molecule is N[C@@H](CO)C(=O)N1CC(Oc2ccc3c(c2C(=O)O)O[B-](O)(O)C2CC32)C1. The van der Waals surface area contributed by atoms with Gasteiger partial charge < -0.3 is 40.3 Å². The lowest BCUT2D eigenvalue weighted by molar-refractivity contribution is -0.142. The zero-order chi connectivity index (χ0) is 19.5. The summed E-state index contributed by atoms with van der Waals surface area (Å²) in [6, 6.07) is 2.21. The number of aromatic carboxylic acids is 1. The Hall–Kier alpha value is -2.34. The Morgan fingerprint density at radius 3 is 2.70 bits per heavy atom. The molecule has 2 aliphatic heterocycles. The third kappa shape index (κ3) is 2.92. The lowest BCUT2D eigenvalue weighted by Crippen LogP contribution is -2.60. The van der Waals surface area contributed by atoms with Gasteiger partial charge in [-0.2, -0.15) is 0 Å². The van der Waals surface area contributed by atoms with Gasteiger partial charge in [-0.1, -0.05) is 18.3 Å². The van der Waals surface area contributed by atoms with Crippen LogP contribution in [0, 0.1) is 0 Å². The van der Waals surface area contributed by atoms with E-state index in [0.717, 1.165) is 0 Å². The van der Waals surface area contributed by atoms with Crippen molar-refractivity contribution >= 4 is 18.6 Å². The average Bonchev–Trinajstić information content (AvgIpc) is 3.37. The standard InChI is InChI=1S/C16H20BN2O8/c18-11(6-20)15(21)19-4-7(5-19)26-12-2-1-8-9-3-10(9)17(24,25)27-14(8)13(12)16(22)23/h1-2,7,9-11,20,24-25H,3-6,18H2,(H,22,23)/q-1/t9?,10?,11-/m0/s1. The molecule has 0 aromatic heterocycles. The molecule has 1 aromatic carbocycles. The number of benzene rings is 1. The van der Waals surface area contributed by atoms with Crippen LogP contribution < -0.4 is 15.1 Å². The first kappa shape index (κ1) is 18.0. The number of amides is 1. The Balaban J connectivity index is 1.53. The summed E-state index contributed by atoms with van der Waals surface area (Å²) in [7, 11) is 0. The second kappa shape index (κ2) is 6.09. The number of likely N-dealkylation sites (tertiary alicyclic amines) is 1. The molecule has 0 spiro atoms. The molecule has 1 aliphatic carbocycles.